The van der Waals surface area contributed by atoms with Gasteiger partial charge in [0.15, 0.2) is 5.69 Å². The van der Waals surface area contributed by atoms with Crippen molar-refractivity contribution >= 4 is 17.6 Å². The molecule has 35 heavy (non-hydrogen) atoms. The molecule has 0 saturated carbocycles. The van der Waals surface area contributed by atoms with Crippen molar-refractivity contribution < 1.29 is 28.7 Å². The van der Waals surface area contributed by atoms with Gasteiger partial charge in [-0.05, 0) is 30.3 Å². The van der Waals surface area contributed by atoms with E-state index in [-0.39, 0.29) is 34.1 Å². The van der Waals surface area contributed by atoms with Crippen LogP contribution >= 0.6 is 0 Å². The highest BCUT2D eigenvalue weighted by molar-refractivity contribution is 6.07. The standard InChI is InChI=1S/C25H19N3O7/c1-33-24(29)21-22(26-27(23(21)25(30)34-2)16-10-4-3-5-11-16)17-12-6-8-14-19(17)35-20-15-9-7-13-18(20)28(31)32/h3-15H,1-2H3. The number of aromatic nitrogens is 2. The molecule has 10 heteroatoms. The lowest BCUT2D eigenvalue weighted by molar-refractivity contribution is -0.385. The largest absolute Gasteiger partial charge is 0.465 e. The average Bonchev–Trinajstić information content (AvgIpc) is 3.29. The van der Waals surface area contributed by atoms with E-state index in [1.807, 2.05) is 0 Å². The third-order valence-corrected chi connectivity index (χ3v) is 5.08. The maximum atomic E-state index is 12.9. The van der Waals surface area contributed by atoms with E-state index < -0.39 is 16.9 Å². The number of nitrogens with zero attached hydrogens (tertiary/aromatic N) is 3. The van der Waals surface area contributed by atoms with E-state index in [0.717, 1.165) is 0 Å². The Kier molecular flexibility index (Phi) is 6.54. The molecule has 0 unspecified atom stereocenters. The zero-order valence-corrected chi connectivity index (χ0v) is 18.7. The van der Waals surface area contributed by atoms with E-state index in [1.54, 1.807) is 60.7 Å². The lowest BCUT2D eigenvalue weighted by Crippen LogP contribution is -2.15. The second-order valence-corrected chi connectivity index (χ2v) is 7.13. The number of hydrogen-bond donors (Lipinski definition) is 0. The molecule has 1 aromatic heterocycles. The minimum absolute atomic E-state index is 0.000233. The van der Waals surface area contributed by atoms with Crippen molar-refractivity contribution in [1.29, 1.82) is 0 Å². The van der Waals surface area contributed by atoms with Gasteiger partial charge in [-0.25, -0.2) is 14.3 Å². The van der Waals surface area contributed by atoms with E-state index in [0.29, 0.717) is 11.3 Å². The number of methoxy groups -OCH3 is 2. The van der Waals surface area contributed by atoms with Gasteiger partial charge in [-0.1, -0.05) is 42.5 Å². The topological polar surface area (TPSA) is 123 Å². The summed E-state index contributed by atoms with van der Waals surface area (Å²) in [5, 5.41) is 16.0. The highest BCUT2D eigenvalue weighted by Gasteiger charge is 2.32. The number of rotatable bonds is 7. The molecule has 0 aliphatic carbocycles. The van der Waals surface area contributed by atoms with Crippen LogP contribution in [0.15, 0.2) is 78.9 Å². The summed E-state index contributed by atoms with van der Waals surface area (Å²) in [6, 6.07) is 21.2. The van der Waals surface area contributed by atoms with Crippen molar-refractivity contribution in [2.24, 2.45) is 0 Å². The van der Waals surface area contributed by atoms with Crippen LogP contribution in [0.5, 0.6) is 11.5 Å². The zero-order chi connectivity index (χ0) is 24.9. The quantitative estimate of drug-likeness (QED) is 0.213. The van der Waals surface area contributed by atoms with Crippen LogP contribution < -0.4 is 4.74 Å². The number of esters is 2. The fraction of sp³-hybridized carbons (Fsp3) is 0.0800. The van der Waals surface area contributed by atoms with Crippen LogP contribution in [0.25, 0.3) is 16.9 Å². The highest BCUT2D eigenvalue weighted by atomic mass is 16.6. The predicted octanol–water partition coefficient (Wildman–Crippen LogP) is 4.81. The molecule has 0 bridgehead atoms. The Hall–Kier alpha value is -4.99. The minimum Gasteiger partial charge on any atom is -0.465 e. The van der Waals surface area contributed by atoms with Crippen LogP contribution in [0.2, 0.25) is 0 Å². The minimum atomic E-state index is -0.817. The van der Waals surface area contributed by atoms with Crippen LogP contribution in [0.1, 0.15) is 20.8 Å². The summed E-state index contributed by atoms with van der Waals surface area (Å²) in [5.41, 5.74) is 0.381. The molecular formula is C25H19N3O7. The lowest BCUT2D eigenvalue weighted by Gasteiger charge is -2.11. The SMILES string of the molecule is COC(=O)c1c(-c2ccccc2Oc2ccccc2[N+](=O)[O-])nn(-c2ccccc2)c1C(=O)OC. The lowest BCUT2D eigenvalue weighted by atomic mass is 10.0. The molecule has 1 heterocycles. The van der Waals surface area contributed by atoms with Crippen LogP contribution in [0.3, 0.4) is 0 Å². The van der Waals surface area contributed by atoms with Crippen molar-refractivity contribution in [2.75, 3.05) is 14.2 Å². The van der Waals surface area contributed by atoms with E-state index >= 15 is 0 Å². The summed E-state index contributed by atoms with van der Waals surface area (Å²) in [6.45, 7) is 0. The Morgan fingerprint density at radius 2 is 1.43 bits per heavy atom. The van der Waals surface area contributed by atoms with Gasteiger partial charge in [-0.3, -0.25) is 10.1 Å². The predicted molar refractivity (Wildman–Crippen MR) is 125 cm³/mol. The first-order chi connectivity index (χ1) is 17.0. The number of benzene rings is 3. The summed E-state index contributed by atoms with van der Waals surface area (Å²) < 4.78 is 17.1. The number of nitro benzene ring substituents is 1. The first kappa shape index (κ1) is 23.2. The number of carbonyl (C=O) groups excluding carboxylic acids is 2. The van der Waals surface area contributed by atoms with Gasteiger partial charge in [-0.15, -0.1) is 0 Å². The van der Waals surface area contributed by atoms with Gasteiger partial charge in [0.2, 0.25) is 5.75 Å². The molecule has 0 saturated heterocycles. The van der Waals surface area contributed by atoms with Gasteiger partial charge in [0.1, 0.15) is 17.0 Å². The summed E-state index contributed by atoms with van der Waals surface area (Å²) in [5.74, 6) is -1.44. The molecule has 0 spiro atoms. The normalized spacial score (nSPS) is 10.5. The fourth-order valence-electron chi connectivity index (χ4n) is 3.51. The summed E-state index contributed by atoms with van der Waals surface area (Å²) in [4.78, 5) is 36.6. The molecule has 0 amide bonds. The third-order valence-electron chi connectivity index (χ3n) is 5.08. The molecular weight excluding hydrogens is 454 g/mol. The molecule has 3 aromatic carbocycles. The van der Waals surface area contributed by atoms with Gasteiger partial charge in [0.05, 0.1) is 24.8 Å². The fourth-order valence-corrected chi connectivity index (χ4v) is 3.51. The first-order valence-corrected chi connectivity index (χ1v) is 10.3. The first-order valence-electron chi connectivity index (χ1n) is 10.3. The van der Waals surface area contributed by atoms with E-state index in [2.05, 4.69) is 5.10 Å². The Morgan fingerprint density at radius 1 is 0.829 bits per heavy atom. The maximum absolute atomic E-state index is 12.9. The molecule has 4 aromatic rings. The molecule has 0 atom stereocenters. The van der Waals surface area contributed by atoms with Gasteiger partial charge in [-0.2, -0.15) is 5.10 Å². The van der Waals surface area contributed by atoms with E-state index in [4.69, 9.17) is 14.2 Å². The number of nitro groups is 1. The summed E-state index contributed by atoms with van der Waals surface area (Å²) in [7, 11) is 2.37. The Balaban J connectivity index is 1.97. The molecule has 0 radical (unpaired) electrons. The molecule has 4 rings (SSSR count). The van der Waals surface area contributed by atoms with Gasteiger partial charge in [0, 0.05) is 11.6 Å². The van der Waals surface area contributed by atoms with Gasteiger partial charge >= 0.3 is 17.6 Å². The van der Waals surface area contributed by atoms with Gasteiger partial charge in [0.25, 0.3) is 0 Å². The molecule has 0 fully saturated rings. The van der Waals surface area contributed by atoms with Crippen molar-refractivity contribution in [3.8, 4) is 28.4 Å². The number of ether oxygens (including phenoxy) is 3. The van der Waals surface area contributed by atoms with Crippen LogP contribution in [-0.2, 0) is 9.47 Å². The number of hydrogen-bond acceptors (Lipinski definition) is 8. The van der Waals surface area contributed by atoms with E-state index in [9.17, 15) is 19.7 Å². The smallest absolute Gasteiger partial charge is 0.357 e. The monoisotopic (exact) mass is 473 g/mol. The Labute approximate surface area is 199 Å². The van der Waals surface area contributed by atoms with Crippen molar-refractivity contribution in [3.05, 3.63) is 100 Å². The average molecular weight is 473 g/mol. The maximum Gasteiger partial charge on any atom is 0.357 e. The van der Waals surface area contributed by atoms with Crippen LogP contribution in [0.4, 0.5) is 5.69 Å². The number of carbonyl (C=O) groups is 2. The Morgan fingerprint density at radius 3 is 2.09 bits per heavy atom. The van der Waals surface area contributed by atoms with Crippen molar-refractivity contribution in [1.82, 2.24) is 9.78 Å². The van der Waals surface area contributed by atoms with Crippen LogP contribution in [-0.4, -0.2) is 40.9 Å². The van der Waals surface area contributed by atoms with Gasteiger partial charge < -0.3 is 14.2 Å². The third kappa shape index (κ3) is 4.44. The zero-order valence-electron chi connectivity index (χ0n) is 18.7. The molecule has 0 N–H and O–H groups in total. The molecule has 0 aliphatic heterocycles. The summed E-state index contributed by atoms with van der Waals surface area (Å²) >= 11 is 0. The highest BCUT2D eigenvalue weighted by Crippen LogP contribution is 2.39. The molecule has 10 nitrogen and oxygen atoms in total. The Bertz CT molecular complexity index is 1410. The molecule has 176 valence electrons. The van der Waals surface area contributed by atoms with Crippen molar-refractivity contribution in [2.45, 2.75) is 0 Å². The summed E-state index contributed by atoms with van der Waals surface area (Å²) in [6.07, 6.45) is 0. The van der Waals surface area contributed by atoms with Crippen molar-refractivity contribution in [3.63, 3.8) is 0 Å². The van der Waals surface area contributed by atoms with E-state index in [1.165, 1.54) is 37.1 Å². The van der Waals surface area contributed by atoms with Crippen LogP contribution in [0, 0.1) is 10.1 Å². The molecule has 0 aliphatic rings. The second kappa shape index (κ2) is 9.87. The second-order valence-electron chi connectivity index (χ2n) is 7.13. The number of para-hydroxylation sites is 4.